The van der Waals surface area contributed by atoms with Crippen molar-refractivity contribution in [3.8, 4) is 0 Å². The summed E-state index contributed by atoms with van der Waals surface area (Å²) >= 11 is 0. The number of hydrogen-bond acceptors (Lipinski definition) is 9. The highest BCUT2D eigenvalue weighted by molar-refractivity contribution is 5.70. The fourth-order valence-corrected chi connectivity index (χ4v) is 9.53. The molecule has 0 aromatic heterocycles. The fraction of sp³-hybridized carbons (Fsp3) is 0.934. The van der Waals surface area contributed by atoms with Gasteiger partial charge in [-0.2, -0.15) is 0 Å². The SMILES string of the molecule is CCCCCCC(CCCCCC)OC(=O)CCCCCCCCC(CCCCCCCCC(=O)OC(CCCCCC)CCCCCC)OC(=O)N(CCCCC(=O)OC(CC)CC)CCCN(C)C. The van der Waals surface area contributed by atoms with Gasteiger partial charge in [0.25, 0.3) is 0 Å². The molecule has 0 unspecified atom stereocenters. The van der Waals surface area contributed by atoms with Gasteiger partial charge in [0.05, 0.1) is 0 Å². The quantitative estimate of drug-likeness (QED) is 0.0334. The molecular formula is C61H118N2O8. The van der Waals surface area contributed by atoms with Gasteiger partial charge in [0.15, 0.2) is 0 Å². The van der Waals surface area contributed by atoms with E-state index < -0.39 is 0 Å². The Kier molecular flexibility index (Phi) is 49.4. The molecule has 1 amide bonds. The molecule has 0 saturated heterocycles. The van der Waals surface area contributed by atoms with E-state index in [1.165, 1.54) is 77.0 Å². The van der Waals surface area contributed by atoms with Crippen molar-refractivity contribution in [3.63, 3.8) is 0 Å². The molecule has 10 heteroatoms. The fourth-order valence-electron chi connectivity index (χ4n) is 9.53. The molecule has 0 radical (unpaired) electrons. The molecule has 420 valence electrons. The van der Waals surface area contributed by atoms with E-state index in [1.54, 1.807) is 0 Å². The number of amides is 1. The second kappa shape index (κ2) is 51.1. The van der Waals surface area contributed by atoms with E-state index in [1.807, 2.05) is 18.7 Å². The molecule has 0 atom stereocenters. The van der Waals surface area contributed by atoms with Gasteiger partial charge in [-0.05, 0) is 143 Å². The van der Waals surface area contributed by atoms with E-state index >= 15 is 0 Å². The molecule has 0 aliphatic rings. The second-order valence-electron chi connectivity index (χ2n) is 21.5. The smallest absolute Gasteiger partial charge is 0.410 e. The van der Waals surface area contributed by atoms with Crippen LogP contribution >= 0.6 is 0 Å². The van der Waals surface area contributed by atoms with Crippen LogP contribution in [0.15, 0.2) is 0 Å². The summed E-state index contributed by atoms with van der Waals surface area (Å²) in [5.41, 5.74) is 0. The van der Waals surface area contributed by atoms with Crippen LogP contribution in [0.1, 0.15) is 311 Å². The van der Waals surface area contributed by atoms with Crippen LogP contribution in [0.3, 0.4) is 0 Å². The largest absolute Gasteiger partial charge is 0.462 e. The van der Waals surface area contributed by atoms with Crippen LogP contribution in [0.2, 0.25) is 0 Å². The number of rotatable bonds is 53. The molecular weight excluding hydrogens is 889 g/mol. The summed E-state index contributed by atoms with van der Waals surface area (Å²) in [4.78, 5) is 56.0. The first kappa shape index (κ1) is 68.6. The summed E-state index contributed by atoms with van der Waals surface area (Å²) in [5, 5.41) is 0. The van der Waals surface area contributed by atoms with E-state index in [0.717, 1.165) is 173 Å². The minimum Gasteiger partial charge on any atom is -0.462 e. The monoisotopic (exact) mass is 1010 g/mol. The van der Waals surface area contributed by atoms with Gasteiger partial charge < -0.3 is 28.7 Å². The molecule has 0 aliphatic carbocycles. The highest BCUT2D eigenvalue weighted by Gasteiger charge is 2.21. The van der Waals surface area contributed by atoms with Crippen molar-refractivity contribution in [2.45, 2.75) is 336 Å². The van der Waals surface area contributed by atoms with E-state index in [9.17, 15) is 19.2 Å². The third-order valence-electron chi connectivity index (χ3n) is 14.3. The Hall–Kier alpha value is -2.36. The molecule has 0 spiro atoms. The summed E-state index contributed by atoms with van der Waals surface area (Å²) in [7, 11) is 4.11. The Morgan fingerprint density at radius 1 is 0.310 bits per heavy atom. The molecule has 71 heavy (non-hydrogen) atoms. The molecule has 10 nitrogen and oxygen atoms in total. The van der Waals surface area contributed by atoms with Gasteiger partial charge in [0.1, 0.15) is 24.4 Å². The number of hydrogen-bond donors (Lipinski definition) is 0. The second-order valence-corrected chi connectivity index (χ2v) is 21.5. The lowest BCUT2D eigenvalue weighted by Gasteiger charge is -2.26. The molecule has 0 heterocycles. The zero-order valence-electron chi connectivity index (χ0n) is 48.3. The van der Waals surface area contributed by atoms with Gasteiger partial charge >= 0.3 is 24.0 Å². The Labute approximate surface area is 439 Å². The summed E-state index contributed by atoms with van der Waals surface area (Å²) in [6.45, 7) is 15.1. The van der Waals surface area contributed by atoms with E-state index in [2.05, 4.69) is 46.7 Å². The van der Waals surface area contributed by atoms with Crippen molar-refractivity contribution >= 4 is 24.0 Å². The Balaban J connectivity index is 5.21. The summed E-state index contributed by atoms with van der Waals surface area (Å²) in [6, 6.07) is 0. The molecule has 0 saturated carbocycles. The minimum atomic E-state index is -0.236. The molecule has 0 rings (SSSR count). The molecule has 0 aromatic rings. The first-order chi connectivity index (χ1) is 34.5. The normalized spacial score (nSPS) is 11.7. The maximum atomic E-state index is 13.9. The number of carbonyl (C=O) groups is 4. The van der Waals surface area contributed by atoms with Crippen molar-refractivity contribution in [2.75, 3.05) is 33.7 Å². The number of esters is 3. The Bertz CT molecular complexity index is 1130. The topological polar surface area (TPSA) is 112 Å². The van der Waals surface area contributed by atoms with Crippen LogP contribution in [0.4, 0.5) is 4.79 Å². The van der Waals surface area contributed by atoms with Crippen LogP contribution in [-0.4, -0.2) is 91.9 Å². The van der Waals surface area contributed by atoms with Crippen molar-refractivity contribution in [3.05, 3.63) is 0 Å². The highest BCUT2D eigenvalue weighted by Crippen LogP contribution is 2.22. The van der Waals surface area contributed by atoms with E-state index in [4.69, 9.17) is 18.9 Å². The van der Waals surface area contributed by atoms with Gasteiger partial charge in [-0.3, -0.25) is 14.4 Å². The van der Waals surface area contributed by atoms with E-state index in [-0.39, 0.29) is 48.4 Å². The maximum Gasteiger partial charge on any atom is 0.410 e. The van der Waals surface area contributed by atoms with Gasteiger partial charge in [-0.25, -0.2) is 4.79 Å². The van der Waals surface area contributed by atoms with Crippen molar-refractivity contribution < 1.29 is 38.1 Å². The van der Waals surface area contributed by atoms with Crippen molar-refractivity contribution in [1.29, 1.82) is 0 Å². The predicted octanol–water partition coefficient (Wildman–Crippen LogP) is 17.6. The lowest BCUT2D eigenvalue weighted by molar-refractivity contribution is -0.151. The zero-order valence-corrected chi connectivity index (χ0v) is 48.3. The summed E-state index contributed by atoms with van der Waals surface area (Å²) < 4.78 is 24.0. The standard InChI is InChI=1S/C61H118N2O8/c1-9-15-19-31-42-55(43-32-20-16-10-2)69-59(65)48-37-29-25-23-27-35-46-57(71-61(67)63(53-41-51-62(7)8)52-40-39-50-58(64)68-54(13-5)14-6)47-36-28-24-26-30-38-49-60(66)70-56(44-33-21-17-11-3)45-34-22-18-12-4/h54-57H,9-53H2,1-8H3. The van der Waals surface area contributed by atoms with Gasteiger partial charge in [0, 0.05) is 32.4 Å². The lowest BCUT2D eigenvalue weighted by atomic mass is 10.0. The third-order valence-corrected chi connectivity index (χ3v) is 14.3. The number of unbranched alkanes of at least 4 members (excludes halogenated alkanes) is 23. The number of carbonyl (C=O) groups excluding carboxylic acids is 4. The molecule has 0 bridgehead atoms. The summed E-state index contributed by atoms with van der Waals surface area (Å²) in [5.74, 6) is -0.197. The Morgan fingerprint density at radius 3 is 0.930 bits per heavy atom. The number of ether oxygens (including phenoxy) is 4. The first-order valence-corrected chi connectivity index (χ1v) is 30.7. The van der Waals surface area contributed by atoms with Crippen molar-refractivity contribution in [2.24, 2.45) is 0 Å². The average molecular weight is 1010 g/mol. The molecule has 0 aliphatic heterocycles. The Morgan fingerprint density at radius 2 is 0.592 bits per heavy atom. The van der Waals surface area contributed by atoms with Crippen molar-refractivity contribution in [1.82, 2.24) is 9.80 Å². The minimum absolute atomic E-state index is 0.0222. The maximum absolute atomic E-state index is 13.9. The molecule has 0 N–H and O–H groups in total. The molecule has 0 fully saturated rings. The van der Waals surface area contributed by atoms with E-state index in [0.29, 0.717) is 38.8 Å². The van der Waals surface area contributed by atoms with Crippen LogP contribution in [-0.2, 0) is 33.3 Å². The highest BCUT2D eigenvalue weighted by atomic mass is 16.6. The molecule has 0 aromatic carbocycles. The third kappa shape index (κ3) is 44.8. The zero-order chi connectivity index (χ0) is 52.4. The predicted molar refractivity (Wildman–Crippen MR) is 298 cm³/mol. The lowest BCUT2D eigenvalue weighted by Crippen LogP contribution is -2.37. The van der Waals surface area contributed by atoms with Gasteiger partial charge in [0.2, 0.25) is 0 Å². The van der Waals surface area contributed by atoms with Gasteiger partial charge in [-0.1, -0.05) is 170 Å². The first-order valence-electron chi connectivity index (χ1n) is 30.7. The van der Waals surface area contributed by atoms with Gasteiger partial charge in [-0.15, -0.1) is 0 Å². The van der Waals surface area contributed by atoms with Crippen LogP contribution in [0.5, 0.6) is 0 Å². The average Bonchev–Trinajstić information content (AvgIpc) is 3.35. The summed E-state index contributed by atoms with van der Waals surface area (Å²) in [6.07, 6.45) is 42.5. The van der Waals surface area contributed by atoms with Crippen LogP contribution < -0.4 is 0 Å². The van der Waals surface area contributed by atoms with Crippen LogP contribution in [0.25, 0.3) is 0 Å². The number of nitrogens with zero attached hydrogens (tertiary/aromatic N) is 2. The van der Waals surface area contributed by atoms with Crippen LogP contribution in [0, 0.1) is 0 Å².